The Morgan fingerprint density at radius 2 is 2.07 bits per heavy atom. The maximum atomic E-state index is 13.1. The summed E-state index contributed by atoms with van der Waals surface area (Å²) in [5, 5.41) is 7.78. The van der Waals surface area contributed by atoms with Gasteiger partial charge in [0.05, 0.1) is 11.1 Å². The summed E-state index contributed by atoms with van der Waals surface area (Å²) in [5.41, 5.74) is -0.453. The van der Waals surface area contributed by atoms with Crippen molar-refractivity contribution in [3.8, 4) is 6.07 Å². The lowest BCUT2D eigenvalue weighted by Gasteiger charge is -2.12. The smallest absolute Gasteiger partial charge is 0.205 e. The van der Waals surface area contributed by atoms with Crippen LogP contribution in [0, 0.1) is 17.1 Å². The van der Waals surface area contributed by atoms with Crippen LogP contribution in [0.2, 0.25) is 5.02 Å². The molecule has 0 amide bonds. The first-order valence-electron chi connectivity index (χ1n) is 3.67. The molecular formula is C9H5ClF3N. The molecule has 0 saturated heterocycles. The van der Waals surface area contributed by atoms with Gasteiger partial charge in [0.1, 0.15) is 12.2 Å². The Morgan fingerprint density at radius 3 is 2.57 bits per heavy atom. The summed E-state index contributed by atoms with van der Waals surface area (Å²) in [6.45, 7) is 0. The van der Waals surface area contributed by atoms with Gasteiger partial charge in [-0.05, 0) is 12.1 Å². The Bertz CT molecular complexity index is 384. The van der Waals surface area contributed by atoms with Crippen molar-refractivity contribution in [2.45, 2.75) is 12.3 Å². The van der Waals surface area contributed by atoms with Crippen LogP contribution in [-0.4, -0.2) is 0 Å². The van der Waals surface area contributed by atoms with E-state index in [2.05, 4.69) is 0 Å². The molecule has 1 rings (SSSR count). The molecule has 14 heavy (non-hydrogen) atoms. The minimum absolute atomic E-state index is 0.375. The number of alkyl halides is 2. The second-order valence-corrected chi connectivity index (χ2v) is 3.08. The summed E-state index contributed by atoms with van der Waals surface area (Å²) in [4.78, 5) is 0. The van der Waals surface area contributed by atoms with Gasteiger partial charge >= 0.3 is 0 Å². The Labute approximate surface area is 83.7 Å². The maximum Gasteiger partial charge on any atom is 0.286 e. The molecule has 0 atom stereocenters. The Hall–Kier alpha value is -1.21. The van der Waals surface area contributed by atoms with E-state index >= 15 is 0 Å². The summed E-state index contributed by atoms with van der Waals surface area (Å²) in [7, 11) is 0. The van der Waals surface area contributed by atoms with Crippen molar-refractivity contribution >= 4 is 11.6 Å². The first-order chi connectivity index (χ1) is 6.47. The number of rotatable bonds is 2. The van der Waals surface area contributed by atoms with Gasteiger partial charge in [-0.2, -0.15) is 5.26 Å². The lowest BCUT2D eigenvalue weighted by molar-refractivity contribution is 0.000900. The van der Waals surface area contributed by atoms with Crippen molar-refractivity contribution in [2.75, 3.05) is 0 Å². The zero-order chi connectivity index (χ0) is 10.8. The molecule has 0 aliphatic carbocycles. The van der Waals surface area contributed by atoms with Crippen molar-refractivity contribution in [2.24, 2.45) is 0 Å². The molecule has 1 aromatic rings. The summed E-state index contributed by atoms with van der Waals surface area (Å²) in [6, 6.07) is 3.95. The van der Waals surface area contributed by atoms with E-state index in [4.69, 9.17) is 16.9 Å². The van der Waals surface area contributed by atoms with Gasteiger partial charge in [0, 0.05) is 5.56 Å². The van der Waals surface area contributed by atoms with Crippen molar-refractivity contribution < 1.29 is 13.2 Å². The average Bonchev–Trinajstić information content (AvgIpc) is 2.09. The molecule has 0 fully saturated rings. The van der Waals surface area contributed by atoms with Crippen molar-refractivity contribution in [3.63, 3.8) is 0 Å². The summed E-state index contributed by atoms with van der Waals surface area (Å²) < 4.78 is 38.8. The van der Waals surface area contributed by atoms with E-state index in [0.717, 1.165) is 18.2 Å². The van der Waals surface area contributed by atoms with Gasteiger partial charge in [0.25, 0.3) is 5.92 Å². The third kappa shape index (κ3) is 2.18. The fraction of sp³-hybridized carbons (Fsp3) is 0.222. The van der Waals surface area contributed by atoms with Gasteiger partial charge in [0.2, 0.25) is 0 Å². The molecule has 74 valence electrons. The average molecular weight is 220 g/mol. The Balaban J connectivity index is 3.09. The molecule has 0 aliphatic heterocycles. The molecule has 0 spiro atoms. The van der Waals surface area contributed by atoms with Crippen LogP contribution in [0.4, 0.5) is 13.2 Å². The van der Waals surface area contributed by atoms with E-state index in [9.17, 15) is 13.2 Å². The Morgan fingerprint density at radius 1 is 1.43 bits per heavy atom. The highest BCUT2D eigenvalue weighted by atomic mass is 35.5. The third-order valence-corrected chi connectivity index (χ3v) is 1.93. The number of hydrogen-bond donors (Lipinski definition) is 0. The van der Waals surface area contributed by atoms with Gasteiger partial charge in [0.15, 0.2) is 0 Å². The standard InChI is InChI=1S/C9H5ClF3N/c10-7-5-6(1-2-8(7)11)9(12,13)3-4-14/h1-2,5H,3H2. The molecule has 5 heteroatoms. The number of nitrogens with zero attached hydrogens (tertiary/aromatic N) is 1. The van der Waals surface area contributed by atoms with Crippen LogP contribution >= 0.6 is 11.6 Å². The molecule has 1 nitrogen and oxygen atoms in total. The van der Waals surface area contributed by atoms with Crippen LogP contribution in [0.3, 0.4) is 0 Å². The fourth-order valence-corrected chi connectivity index (χ4v) is 1.11. The molecule has 0 aliphatic rings. The molecule has 0 heterocycles. The van der Waals surface area contributed by atoms with Crippen LogP contribution in [0.5, 0.6) is 0 Å². The minimum Gasteiger partial charge on any atom is -0.205 e. The highest BCUT2D eigenvalue weighted by Gasteiger charge is 2.31. The number of nitriles is 1. The first kappa shape index (κ1) is 10.9. The van der Waals surface area contributed by atoms with Crippen LogP contribution in [0.15, 0.2) is 18.2 Å². The van der Waals surface area contributed by atoms with Crippen LogP contribution in [-0.2, 0) is 5.92 Å². The number of halogens is 4. The van der Waals surface area contributed by atoms with Gasteiger partial charge in [-0.1, -0.05) is 17.7 Å². The van der Waals surface area contributed by atoms with Gasteiger partial charge in [-0.3, -0.25) is 0 Å². The summed E-state index contributed by atoms with van der Waals surface area (Å²) >= 11 is 5.33. The van der Waals surface area contributed by atoms with Crippen molar-refractivity contribution in [3.05, 3.63) is 34.6 Å². The molecule has 0 bridgehead atoms. The van der Waals surface area contributed by atoms with E-state index in [-0.39, 0.29) is 5.02 Å². The fourth-order valence-electron chi connectivity index (χ4n) is 0.925. The first-order valence-corrected chi connectivity index (χ1v) is 4.05. The second kappa shape index (κ2) is 3.89. The monoisotopic (exact) mass is 219 g/mol. The minimum atomic E-state index is -3.29. The quantitative estimate of drug-likeness (QED) is 0.747. The van der Waals surface area contributed by atoms with E-state index in [1.807, 2.05) is 0 Å². The van der Waals surface area contributed by atoms with Crippen LogP contribution < -0.4 is 0 Å². The number of benzene rings is 1. The number of hydrogen-bond acceptors (Lipinski definition) is 1. The van der Waals surface area contributed by atoms with Gasteiger partial charge in [-0.15, -0.1) is 0 Å². The van der Waals surface area contributed by atoms with E-state index in [0.29, 0.717) is 0 Å². The predicted octanol–water partition coefficient (Wildman–Crippen LogP) is 3.48. The zero-order valence-electron chi connectivity index (χ0n) is 6.90. The summed E-state index contributed by atoms with van der Waals surface area (Å²) in [6.07, 6.45) is -0.949. The lowest BCUT2D eigenvalue weighted by Crippen LogP contribution is -2.12. The topological polar surface area (TPSA) is 23.8 Å². The Kier molecular flexibility index (Phi) is 3.02. The van der Waals surface area contributed by atoms with Crippen LogP contribution in [0.25, 0.3) is 0 Å². The van der Waals surface area contributed by atoms with E-state index < -0.39 is 23.7 Å². The van der Waals surface area contributed by atoms with Gasteiger partial charge in [-0.25, -0.2) is 13.2 Å². The van der Waals surface area contributed by atoms with Gasteiger partial charge < -0.3 is 0 Å². The maximum absolute atomic E-state index is 13.1. The highest BCUT2D eigenvalue weighted by molar-refractivity contribution is 6.30. The normalized spacial score (nSPS) is 11.1. The highest BCUT2D eigenvalue weighted by Crippen LogP contribution is 2.33. The molecule has 0 radical (unpaired) electrons. The van der Waals surface area contributed by atoms with E-state index in [1.165, 1.54) is 6.07 Å². The lowest BCUT2D eigenvalue weighted by atomic mass is 10.1. The SMILES string of the molecule is N#CCC(F)(F)c1ccc(F)c(Cl)c1. The molecular weight excluding hydrogens is 215 g/mol. The third-order valence-electron chi connectivity index (χ3n) is 1.64. The molecule has 0 unspecified atom stereocenters. The molecule has 0 aromatic heterocycles. The second-order valence-electron chi connectivity index (χ2n) is 2.67. The predicted molar refractivity (Wildman–Crippen MR) is 45.5 cm³/mol. The van der Waals surface area contributed by atoms with Crippen molar-refractivity contribution in [1.82, 2.24) is 0 Å². The van der Waals surface area contributed by atoms with Crippen molar-refractivity contribution in [1.29, 1.82) is 5.26 Å². The van der Waals surface area contributed by atoms with E-state index in [1.54, 1.807) is 0 Å². The van der Waals surface area contributed by atoms with Crippen LogP contribution in [0.1, 0.15) is 12.0 Å². The molecule has 1 aromatic carbocycles. The largest absolute Gasteiger partial charge is 0.286 e. The molecule has 0 N–H and O–H groups in total. The summed E-state index contributed by atoms with van der Waals surface area (Å²) in [5.74, 6) is -4.05. The molecule has 0 saturated carbocycles. The zero-order valence-corrected chi connectivity index (χ0v) is 7.65.